The first-order valence-corrected chi connectivity index (χ1v) is 4.04. The molecule has 78 valence electrons. The SMILES string of the molecule is CN(CC(F)(F)F)C(=O)C1(C#N)CC1. The molecule has 0 aromatic heterocycles. The fourth-order valence-electron chi connectivity index (χ4n) is 1.20. The maximum Gasteiger partial charge on any atom is 0.406 e. The third-order valence-corrected chi connectivity index (χ3v) is 2.14. The minimum absolute atomic E-state index is 0.366. The Kier molecular flexibility index (Phi) is 2.44. The van der Waals surface area contributed by atoms with Gasteiger partial charge in [0.15, 0.2) is 0 Å². The van der Waals surface area contributed by atoms with E-state index in [0.717, 1.165) is 7.05 Å². The van der Waals surface area contributed by atoms with E-state index in [-0.39, 0.29) is 0 Å². The molecule has 14 heavy (non-hydrogen) atoms. The first-order chi connectivity index (χ1) is 6.31. The lowest BCUT2D eigenvalue weighted by atomic mass is 10.1. The van der Waals surface area contributed by atoms with Gasteiger partial charge in [0.05, 0.1) is 6.07 Å². The minimum atomic E-state index is -4.41. The van der Waals surface area contributed by atoms with Crippen molar-refractivity contribution in [2.45, 2.75) is 19.0 Å². The molecule has 1 saturated carbocycles. The molecule has 6 heteroatoms. The molecule has 1 aliphatic carbocycles. The molecule has 3 nitrogen and oxygen atoms in total. The van der Waals surface area contributed by atoms with Crippen molar-refractivity contribution in [1.82, 2.24) is 4.90 Å². The van der Waals surface area contributed by atoms with Crippen LogP contribution < -0.4 is 0 Å². The van der Waals surface area contributed by atoms with Crippen LogP contribution >= 0.6 is 0 Å². The highest BCUT2D eigenvalue weighted by Gasteiger charge is 2.53. The average Bonchev–Trinajstić information content (AvgIpc) is 2.80. The Labute approximate surface area is 79.1 Å². The van der Waals surface area contributed by atoms with Gasteiger partial charge in [-0.05, 0) is 12.8 Å². The lowest BCUT2D eigenvalue weighted by Gasteiger charge is -2.20. The van der Waals surface area contributed by atoms with Crippen LogP contribution in [-0.4, -0.2) is 30.6 Å². The smallest absolute Gasteiger partial charge is 0.335 e. The summed E-state index contributed by atoms with van der Waals surface area (Å²) in [6.45, 7) is -1.30. The summed E-state index contributed by atoms with van der Waals surface area (Å²) < 4.78 is 35.7. The van der Waals surface area contributed by atoms with E-state index in [0.29, 0.717) is 17.7 Å². The van der Waals surface area contributed by atoms with Crippen LogP contribution in [0.3, 0.4) is 0 Å². The Bertz CT molecular complexity index is 288. The van der Waals surface area contributed by atoms with Crippen LogP contribution in [0.25, 0.3) is 0 Å². The summed E-state index contributed by atoms with van der Waals surface area (Å²) in [6.07, 6.45) is -3.68. The van der Waals surface area contributed by atoms with E-state index in [4.69, 9.17) is 5.26 Å². The van der Waals surface area contributed by atoms with E-state index in [2.05, 4.69) is 0 Å². The van der Waals surface area contributed by atoms with Gasteiger partial charge in [-0.1, -0.05) is 0 Å². The van der Waals surface area contributed by atoms with Crippen LogP contribution in [0, 0.1) is 16.7 Å². The van der Waals surface area contributed by atoms with Gasteiger partial charge in [-0.2, -0.15) is 18.4 Å². The molecule has 0 spiro atoms. The van der Waals surface area contributed by atoms with Gasteiger partial charge in [-0.3, -0.25) is 4.79 Å². The topological polar surface area (TPSA) is 44.1 Å². The fourth-order valence-corrected chi connectivity index (χ4v) is 1.20. The van der Waals surface area contributed by atoms with Gasteiger partial charge in [-0.25, -0.2) is 0 Å². The number of hydrogen-bond donors (Lipinski definition) is 0. The zero-order valence-electron chi connectivity index (χ0n) is 7.56. The summed E-state index contributed by atoms with van der Waals surface area (Å²) in [4.78, 5) is 11.9. The molecule has 0 aromatic rings. The van der Waals surface area contributed by atoms with Crippen molar-refractivity contribution in [2.24, 2.45) is 5.41 Å². The molecular weight excluding hydrogens is 197 g/mol. The number of nitrogens with zero attached hydrogens (tertiary/aromatic N) is 2. The molecule has 0 bridgehead atoms. The average molecular weight is 206 g/mol. The van der Waals surface area contributed by atoms with E-state index in [1.165, 1.54) is 0 Å². The van der Waals surface area contributed by atoms with Crippen LogP contribution in [0.15, 0.2) is 0 Å². The van der Waals surface area contributed by atoms with E-state index >= 15 is 0 Å². The second kappa shape index (κ2) is 3.15. The number of carbonyl (C=O) groups excluding carboxylic acids is 1. The lowest BCUT2D eigenvalue weighted by molar-refractivity contribution is -0.160. The Morgan fingerprint density at radius 3 is 2.36 bits per heavy atom. The molecule has 0 aromatic carbocycles. The van der Waals surface area contributed by atoms with Crippen LogP contribution in [0.4, 0.5) is 13.2 Å². The second-order valence-corrected chi connectivity index (χ2v) is 3.47. The Hall–Kier alpha value is -1.25. The highest BCUT2D eigenvalue weighted by molar-refractivity contribution is 5.88. The Balaban J connectivity index is 2.59. The summed E-state index contributed by atoms with van der Waals surface area (Å²) in [5, 5.41) is 8.60. The molecule has 0 radical (unpaired) electrons. The molecule has 0 N–H and O–H groups in total. The largest absolute Gasteiger partial charge is 0.406 e. The number of hydrogen-bond acceptors (Lipinski definition) is 2. The predicted molar refractivity (Wildman–Crippen MR) is 41.0 cm³/mol. The number of amides is 1. The lowest BCUT2D eigenvalue weighted by Crippen LogP contribution is -2.39. The normalized spacial score (nSPS) is 18.5. The van der Waals surface area contributed by atoms with Gasteiger partial charge in [-0.15, -0.1) is 0 Å². The van der Waals surface area contributed by atoms with Crippen molar-refractivity contribution in [2.75, 3.05) is 13.6 Å². The third-order valence-electron chi connectivity index (χ3n) is 2.14. The Morgan fingerprint density at radius 2 is 2.07 bits per heavy atom. The highest BCUT2D eigenvalue weighted by atomic mass is 19.4. The molecule has 1 fully saturated rings. The van der Waals surface area contributed by atoms with Gasteiger partial charge in [0.2, 0.25) is 5.91 Å². The number of nitriles is 1. The van der Waals surface area contributed by atoms with Gasteiger partial charge in [0, 0.05) is 7.05 Å². The van der Waals surface area contributed by atoms with Crippen molar-refractivity contribution in [3.8, 4) is 6.07 Å². The van der Waals surface area contributed by atoms with E-state index in [1.54, 1.807) is 6.07 Å². The highest BCUT2D eigenvalue weighted by Crippen LogP contribution is 2.46. The van der Waals surface area contributed by atoms with Crippen molar-refractivity contribution in [3.63, 3.8) is 0 Å². The molecule has 1 rings (SSSR count). The van der Waals surface area contributed by atoms with Gasteiger partial charge >= 0.3 is 6.18 Å². The summed E-state index contributed by atoms with van der Waals surface area (Å²) in [7, 11) is 1.06. The Morgan fingerprint density at radius 1 is 1.57 bits per heavy atom. The first-order valence-electron chi connectivity index (χ1n) is 4.04. The van der Waals surface area contributed by atoms with Crippen LogP contribution in [-0.2, 0) is 4.79 Å². The van der Waals surface area contributed by atoms with Crippen molar-refractivity contribution >= 4 is 5.91 Å². The van der Waals surface area contributed by atoms with Crippen molar-refractivity contribution in [3.05, 3.63) is 0 Å². The summed E-state index contributed by atoms with van der Waals surface area (Å²) in [5.41, 5.74) is -1.17. The zero-order valence-corrected chi connectivity index (χ0v) is 7.56. The molecule has 0 saturated heterocycles. The molecule has 0 aliphatic heterocycles. The van der Waals surface area contributed by atoms with Gasteiger partial charge in [0.1, 0.15) is 12.0 Å². The standard InChI is InChI=1S/C8H9F3N2O/c1-13(5-8(9,10)11)6(14)7(4-12)2-3-7/h2-3,5H2,1H3. The monoisotopic (exact) mass is 206 g/mol. The number of carbonyl (C=O) groups is 1. The summed E-state index contributed by atoms with van der Waals surface area (Å²) >= 11 is 0. The van der Waals surface area contributed by atoms with E-state index in [1.807, 2.05) is 0 Å². The van der Waals surface area contributed by atoms with Crippen molar-refractivity contribution < 1.29 is 18.0 Å². The number of halogens is 3. The molecule has 1 aliphatic rings. The predicted octanol–water partition coefficient (Wildman–Crippen LogP) is 1.31. The quantitative estimate of drug-likeness (QED) is 0.683. The number of rotatable bonds is 2. The van der Waals surface area contributed by atoms with Crippen LogP contribution in [0.5, 0.6) is 0 Å². The summed E-state index contributed by atoms with van der Waals surface area (Å²) in [6, 6.07) is 1.76. The van der Waals surface area contributed by atoms with Gasteiger partial charge in [0.25, 0.3) is 0 Å². The van der Waals surface area contributed by atoms with Crippen LogP contribution in [0.2, 0.25) is 0 Å². The molecular formula is C8H9F3N2O. The van der Waals surface area contributed by atoms with Crippen molar-refractivity contribution in [1.29, 1.82) is 5.26 Å². The molecule has 0 unspecified atom stereocenters. The maximum atomic E-state index is 11.9. The fraction of sp³-hybridized carbons (Fsp3) is 0.750. The summed E-state index contributed by atoms with van der Waals surface area (Å²) in [5.74, 6) is -0.725. The third kappa shape index (κ3) is 2.16. The molecule has 1 amide bonds. The number of alkyl halides is 3. The van der Waals surface area contributed by atoms with Gasteiger partial charge < -0.3 is 4.90 Å². The first kappa shape index (κ1) is 10.8. The second-order valence-electron chi connectivity index (χ2n) is 3.47. The molecule has 0 heterocycles. The maximum absolute atomic E-state index is 11.9. The minimum Gasteiger partial charge on any atom is -0.335 e. The van der Waals surface area contributed by atoms with E-state index in [9.17, 15) is 18.0 Å². The van der Waals surface area contributed by atoms with Crippen LogP contribution in [0.1, 0.15) is 12.8 Å². The zero-order chi connectivity index (χ0) is 11.0. The molecule has 0 atom stereocenters. The van der Waals surface area contributed by atoms with E-state index < -0.39 is 24.0 Å².